The summed E-state index contributed by atoms with van der Waals surface area (Å²) in [5.41, 5.74) is 2.18. The summed E-state index contributed by atoms with van der Waals surface area (Å²) in [6.07, 6.45) is 5.20. The maximum Gasteiger partial charge on any atom is 0.294 e. The normalized spacial score (nSPS) is 14.0. The molecule has 0 saturated carbocycles. The smallest absolute Gasteiger partial charge is 0.294 e. The number of carbonyl (C=O) groups is 1. The van der Waals surface area contributed by atoms with Gasteiger partial charge in [-0.25, -0.2) is 9.99 Å². The molecular weight excluding hydrogens is 268 g/mol. The van der Waals surface area contributed by atoms with Crippen LogP contribution in [0.15, 0.2) is 48.0 Å². The molecule has 106 valence electrons. The van der Waals surface area contributed by atoms with Gasteiger partial charge in [0.05, 0.1) is 25.6 Å². The van der Waals surface area contributed by atoms with E-state index in [2.05, 4.69) is 15.1 Å². The van der Waals surface area contributed by atoms with E-state index in [0.29, 0.717) is 12.2 Å². The Hall–Kier alpha value is -2.76. The van der Waals surface area contributed by atoms with Crippen LogP contribution in [-0.2, 0) is 0 Å². The lowest BCUT2D eigenvalue weighted by atomic mass is 10.1. The largest absolute Gasteiger partial charge is 0.497 e. The van der Waals surface area contributed by atoms with Crippen molar-refractivity contribution in [3.8, 4) is 5.75 Å². The van der Waals surface area contributed by atoms with Crippen molar-refractivity contribution in [2.75, 3.05) is 13.7 Å². The molecule has 1 aliphatic heterocycles. The Labute approximate surface area is 122 Å². The molecule has 0 aliphatic carbocycles. The SMILES string of the molecule is COc1ccc(C2=NN(C(=O)c3cnccn3)CC2)cc1. The fourth-order valence-corrected chi connectivity index (χ4v) is 2.13. The third-order valence-electron chi connectivity index (χ3n) is 3.24. The summed E-state index contributed by atoms with van der Waals surface area (Å²) in [4.78, 5) is 20.1. The first-order chi connectivity index (χ1) is 10.3. The molecule has 6 nitrogen and oxygen atoms in total. The maximum absolute atomic E-state index is 12.2. The van der Waals surface area contributed by atoms with E-state index in [1.54, 1.807) is 7.11 Å². The molecule has 0 saturated heterocycles. The number of ether oxygens (including phenoxy) is 1. The van der Waals surface area contributed by atoms with Crippen LogP contribution in [0.2, 0.25) is 0 Å². The Bertz CT molecular complexity index is 668. The molecule has 1 aliphatic rings. The number of methoxy groups -OCH3 is 1. The van der Waals surface area contributed by atoms with Gasteiger partial charge in [-0.3, -0.25) is 9.78 Å². The number of benzene rings is 1. The molecule has 1 amide bonds. The van der Waals surface area contributed by atoms with Gasteiger partial charge in [0, 0.05) is 18.8 Å². The minimum atomic E-state index is -0.230. The molecule has 1 aromatic heterocycles. The van der Waals surface area contributed by atoms with Gasteiger partial charge in [0.1, 0.15) is 11.4 Å². The Kier molecular flexibility index (Phi) is 3.59. The van der Waals surface area contributed by atoms with E-state index in [0.717, 1.165) is 23.4 Å². The number of aromatic nitrogens is 2. The topological polar surface area (TPSA) is 67.7 Å². The Morgan fingerprint density at radius 2 is 2.05 bits per heavy atom. The Balaban J connectivity index is 1.79. The van der Waals surface area contributed by atoms with Crippen LogP contribution >= 0.6 is 0 Å². The summed E-state index contributed by atoms with van der Waals surface area (Å²) in [6, 6.07) is 7.64. The van der Waals surface area contributed by atoms with Crippen LogP contribution in [0.4, 0.5) is 0 Å². The fourth-order valence-electron chi connectivity index (χ4n) is 2.13. The van der Waals surface area contributed by atoms with Crippen LogP contribution in [0.5, 0.6) is 5.75 Å². The number of rotatable bonds is 3. The Morgan fingerprint density at radius 3 is 2.71 bits per heavy atom. The Morgan fingerprint density at radius 1 is 1.24 bits per heavy atom. The molecular formula is C15H14N4O2. The highest BCUT2D eigenvalue weighted by atomic mass is 16.5. The van der Waals surface area contributed by atoms with Crippen molar-refractivity contribution in [3.05, 3.63) is 54.1 Å². The molecule has 0 fully saturated rings. The van der Waals surface area contributed by atoms with E-state index >= 15 is 0 Å². The van der Waals surface area contributed by atoms with Gasteiger partial charge in [-0.2, -0.15) is 5.10 Å². The first kappa shape index (κ1) is 13.2. The van der Waals surface area contributed by atoms with Crippen LogP contribution in [0.25, 0.3) is 0 Å². The lowest BCUT2D eigenvalue weighted by molar-refractivity contribution is 0.0772. The maximum atomic E-state index is 12.2. The van der Waals surface area contributed by atoms with Gasteiger partial charge in [0.15, 0.2) is 0 Å². The van der Waals surface area contributed by atoms with E-state index in [9.17, 15) is 4.79 Å². The van der Waals surface area contributed by atoms with Gasteiger partial charge in [-0.05, 0) is 29.8 Å². The predicted octanol–water partition coefficient (Wildman–Crippen LogP) is 1.74. The molecule has 0 unspecified atom stereocenters. The van der Waals surface area contributed by atoms with Crippen molar-refractivity contribution in [1.29, 1.82) is 0 Å². The quantitative estimate of drug-likeness (QED) is 0.860. The average Bonchev–Trinajstić information content (AvgIpc) is 3.05. The molecule has 0 N–H and O–H groups in total. The van der Waals surface area contributed by atoms with E-state index in [-0.39, 0.29) is 5.91 Å². The summed E-state index contributed by atoms with van der Waals surface area (Å²) < 4.78 is 5.13. The van der Waals surface area contributed by atoms with Gasteiger partial charge in [0.2, 0.25) is 0 Å². The average molecular weight is 282 g/mol. The number of amides is 1. The van der Waals surface area contributed by atoms with Crippen molar-refractivity contribution >= 4 is 11.6 Å². The van der Waals surface area contributed by atoms with Crippen molar-refractivity contribution in [1.82, 2.24) is 15.0 Å². The van der Waals surface area contributed by atoms with Gasteiger partial charge >= 0.3 is 0 Å². The highest BCUT2D eigenvalue weighted by Crippen LogP contribution is 2.18. The predicted molar refractivity (Wildman–Crippen MR) is 77.2 cm³/mol. The zero-order chi connectivity index (χ0) is 14.7. The molecule has 6 heteroatoms. The third kappa shape index (κ3) is 2.74. The van der Waals surface area contributed by atoms with Crippen LogP contribution < -0.4 is 4.74 Å². The second-order valence-corrected chi connectivity index (χ2v) is 4.54. The summed E-state index contributed by atoms with van der Waals surface area (Å²) in [5.74, 6) is 0.566. The van der Waals surface area contributed by atoms with Crippen molar-refractivity contribution in [3.63, 3.8) is 0 Å². The van der Waals surface area contributed by atoms with Crippen molar-refractivity contribution < 1.29 is 9.53 Å². The van der Waals surface area contributed by atoms with Crippen LogP contribution in [0, 0.1) is 0 Å². The highest BCUT2D eigenvalue weighted by molar-refractivity contribution is 6.04. The van der Waals surface area contributed by atoms with Gasteiger partial charge < -0.3 is 4.74 Å². The zero-order valence-corrected chi connectivity index (χ0v) is 11.6. The molecule has 0 radical (unpaired) electrons. The molecule has 3 rings (SSSR count). The number of carbonyl (C=O) groups excluding carboxylic acids is 1. The van der Waals surface area contributed by atoms with Gasteiger partial charge in [0.25, 0.3) is 5.91 Å². The van der Waals surface area contributed by atoms with Crippen molar-refractivity contribution in [2.45, 2.75) is 6.42 Å². The van der Waals surface area contributed by atoms with E-state index < -0.39 is 0 Å². The van der Waals surface area contributed by atoms with Crippen molar-refractivity contribution in [2.24, 2.45) is 5.10 Å². The van der Waals surface area contributed by atoms with E-state index in [1.807, 2.05) is 24.3 Å². The molecule has 0 bridgehead atoms. The van der Waals surface area contributed by atoms with Crippen LogP contribution in [0.3, 0.4) is 0 Å². The number of hydrogen-bond acceptors (Lipinski definition) is 5. The van der Waals surface area contributed by atoms with Gasteiger partial charge in [-0.1, -0.05) is 0 Å². The number of hydrogen-bond donors (Lipinski definition) is 0. The zero-order valence-electron chi connectivity index (χ0n) is 11.6. The molecule has 2 aromatic rings. The molecule has 1 aromatic carbocycles. The van der Waals surface area contributed by atoms with Crippen LogP contribution in [0.1, 0.15) is 22.5 Å². The third-order valence-corrected chi connectivity index (χ3v) is 3.24. The summed E-state index contributed by atoms with van der Waals surface area (Å²) >= 11 is 0. The standard InChI is InChI=1S/C15H14N4O2/c1-21-12-4-2-11(3-5-12)13-6-9-19(18-13)15(20)14-10-16-7-8-17-14/h2-5,7-8,10H,6,9H2,1H3. The van der Waals surface area contributed by atoms with E-state index in [4.69, 9.17) is 4.74 Å². The monoisotopic (exact) mass is 282 g/mol. The first-order valence-corrected chi connectivity index (χ1v) is 6.58. The number of nitrogens with zero attached hydrogens (tertiary/aromatic N) is 4. The van der Waals surface area contributed by atoms with Crippen LogP contribution in [-0.4, -0.2) is 40.3 Å². The molecule has 2 heterocycles. The van der Waals surface area contributed by atoms with E-state index in [1.165, 1.54) is 23.6 Å². The van der Waals surface area contributed by atoms with Gasteiger partial charge in [-0.15, -0.1) is 0 Å². The number of hydrazone groups is 1. The summed E-state index contributed by atoms with van der Waals surface area (Å²) in [6.45, 7) is 0.552. The lowest BCUT2D eigenvalue weighted by Crippen LogP contribution is -2.24. The lowest BCUT2D eigenvalue weighted by Gasteiger charge is -2.09. The second kappa shape index (κ2) is 5.70. The molecule has 0 spiro atoms. The minimum absolute atomic E-state index is 0.230. The first-order valence-electron chi connectivity index (χ1n) is 6.58. The summed E-state index contributed by atoms with van der Waals surface area (Å²) in [7, 11) is 1.63. The highest BCUT2D eigenvalue weighted by Gasteiger charge is 2.23. The minimum Gasteiger partial charge on any atom is -0.497 e. The second-order valence-electron chi connectivity index (χ2n) is 4.54. The summed E-state index contributed by atoms with van der Waals surface area (Å²) in [5, 5.41) is 5.82. The fraction of sp³-hybridized carbons (Fsp3) is 0.200. The molecule has 0 atom stereocenters. The molecule has 21 heavy (non-hydrogen) atoms.